The molecular formula is C13H19BrN2O2S. The highest BCUT2D eigenvalue weighted by atomic mass is 79.9. The molecule has 0 atom stereocenters. The molecule has 0 fully saturated rings. The number of hydrogen-bond acceptors (Lipinski definition) is 4. The highest BCUT2D eigenvalue weighted by Crippen LogP contribution is 2.25. The van der Waals surface area contributed by atoms with Crippen LogP contribution in [0.15, 0.2) is 22.7 Å². The van der Waals surface area contributed by atoms with Crippen molar-refractivity contribution in [3.63, 3.8) is 0 Å². The SMILES string of the molecule is CSCCCCCNCc1ccc(Br)c([N+](=O)[O-])c1. The van der Waals surface area contributed by atoms with Gasteiger partial charge in [0.1, 0.15) is 0 Å². The second-order valence-electron chi connectivity index (χ2n) is 4.27. The summed E-state index contributed by atoms with van der Waals surface area (Å²) in [6, 6.07) is 5.25. The van der Waals surface area contributed by atoms with Crippen molar-refractivity contribution in [2.24, 2.45) is 0 Å². The summed E-state index contributed by atoms with van der Waals surface area (Å²) in [5.41, 5.74) is 1.07. The van der Waals surface area contributed by atoms with Gasteiger partial charge in [0, 0.05) is 12.6 Å². The van der Waals surface area contributed by atoms with Crippen molar-refractivity contribution < 1.29 is 4.92 Å². The summed E-state index contributed by atoms with van der Waals surface area (Å²) in [5.74, 6) is 1.22. The number of rotatable bonds is 9. The molecule has 6 heteroatoms. The van der Waals surface area contributed by atoms with Gasteiger partial charge < -0.3 is 5.32 Å². The van der Waals surface area contributed by atoms with Crippen LogP contribution in [-0.2, 0) is 6.54 Å². The third-order valence-electron chi connectivity index (χ3n) is 2.74. The van der Waals surface area contributed by atoms with E-state index in [2.05, 4.69) is 27.5 Å². The average molecular weight is 347 g/mol. The zero-order chi connectivity index (χ0) is 14.1. The van der Waals surface area contributed by atoms with E-state index in [4.69, 9.17) is 0 Å². The van der Waals surface area contributed by atoms with Crippen LogP contribution < -0.4 is 5.32 Å². The fourth-order valence-corrected chi connectivity index (χ4v) is 2.60. The topological polar surface area (TPSA) is 55.2 Å². The van der Waals surface area contributed by atoms with Gasteiger partial charge in [0.2, 0.25) is 0 Å². The van der Waals surface area contributed by atoms with Gasteiger partial charge >= 0.3 is 0 Å². The Bertz CT molecular complexity index is 416. The molecule has 0 aromatic heterocycles. The third-order valence-corrected chi connectivity index (χ3v) is 4.11. The molecule has 1 aromatic rings. The number of halogens is 1. The second kappa shape index (κ2) is 9.34. The van der Waals surface area contributed by atoms with E-state index >= 15 is 0 Å². The van der Waals surface area contributed by atoms with Crippen LogP contribution in [0.5, 0.6) is 0 Å². The number of benzene rings is 1. The van der Waals surface area contributed by atoms with Gasteiger partial charge in [-0.05, 0) is 59.0 Å². The Hall–Kier alpha value is -0.590. The molecule has 1 aromatic carbocycles. The summed E-state index contributed by atoms with van der Waals surface area (Å²) < 4.78 is 0.526. The largest absolute Gasteiger partial charge is 0.313 e. The van der Waals surface area contributed by atoms with Crippen molar-refractivity contribution in [1.29, 1.82) is 0 Å². The number of thioether (sulfide) groups is 1. The maximum Gasteiger partial charge on any atom is 0.283 e. The van der Waals surface area contributed by atoms with Gasteiger partial charge in [0.05, 0.1) is 9.40 Å². The quantitative estimate of drug-likeness (QED) is 0.417. The summed E-state index contributed by atoms with van der Waals surface area (Å²) in [7, 11) is 0. The van der Waals surface area contributed by atoms with Gasteiger partial charge in [-0.1, -0.05) is 12.5 Å². The first kappa shape index (κ1) is 16.5. The lowest BCUT2D eigenvalue weighted by Gasteiger charge is -2.05. The molecule has 0 saturated heterocycles. The molecule has 0 aliphatic heterocycles. The zero-order valence-electron chi connectivity index (χ0n) is 11.0. The molecule has 1 N–H and O–H groups in total. The second-order valence-corrected chi connectivity index (χ2v) is 6.11. The van der Waals surface area contributed by atoms with E-state index in [1.165, 1.54) is 18.6 Å². The number of nitro benzene ring substituents is 1. The fraction of sp³-hybridized carbons (Fsp3) is 0.538. The normalized spacial score (nSPS) is 10.6. The summed E-state index contributed by atoms with van der Waals surface area (Å²) in [4.78, 5) is 10.4. The minimum atomic E-state index is -0.365. The van der Waals surface area contributed by atoms with Crippen molar-refractivity contribution in [2.45, 2.75) is 25.8 Å². The predicted molar refractivity (Wildman–Crippen MR) is 84.7 cm³/mol. The van der Waals surface area contributed by atoms with Crippen LogP contribution in [0.3, 0.4) is 0 Å². The van der Waals surface area contributed by atoms with E-state index in [0.717, 1.165) is 18.5 Å². The van der Waals surface area contributed by atoms with Crippen LogP contribution in [0.4, 0.5) is 5.69 Å². The van der Waals surface area contributed by atoms with Crippen molar-refractivity contribution >= 4 is 33.4 Å². The summed E-state index contributed by atoms with van der Waals surface area (Å²) in [5, 5.41) is 14.1. The van der Waals surface area contributed by atoms with Crippen LogP contribution >= 0.6 is 27.7 Å². The van der Waals surface area contributed by atoms with E-state index in [0.29, 0.717) is 11.0 Å². The Kier molecular flexibility index (Phi) is 8.09. The van der Waals surface area contributed by atoms with E-state index < -0.39 is 0 Å². The number of unbranched alkanes of at least 4 members (excludes halogenated alkanes) is 2. The first-order valence-electron chi connectivity index (χ1n) is 6.27. The number of nitro groups is 1. The minimum Gasteiger partial charge on any atom is -0.313 e. The fourth-order valence-electron chi connectivity index (χ4n) is 1.71. The molecule has 0 saturated carbocycles. The van der Waals surface area contributed by atoms with Crippen LogP contribution in [0.1, 0.15) is 24.8 Å². The van der Waals surface area contributed by atoms with Crippen LogP contribution in [0, 0.1) is 10.1 Å². The van der Waals surface area contributed by atoms with Crippen LogP contribution in [0.2, 0.25) is 0 Å². The molecule has 1 rings (SSSR count). The van der Waals surface area contributed by atoms with Gasteiger partial charge in [-0.3, -0.25) is 10.1 Å². The van der Waals surface area contributed by atoms with E-state index in [1.54, 1.807) is 12.1 Å². The van der Waals surface area contributed by atoms with Crippen molar-refractivity contribution in [3.8, 4) is 0 Å². The number of nitrogens with one attached hydrogen (secondary N) is 1. The molecule has 0 amide bonds. The van der Waals surface area contributed by atoms with Crippen molar-refractivity contribution in [1.82, 2.24) is 5.32 Å². The smallest absolute Gasteiger partial charge is 0.283 e. The maximum absolute atomic E-state index is 10.8. The predicted octanol–water partition coefficient (Wildman–Crippen LogP) is 3.98. The standard InChI is InChI=1S/C13H19BrN2O2S/c1-19-8-4-2-3-7-15-10-11-5-6-12(14)13(9-11)16(17)18/h5-6,9,15H,2-4,7-8,10H2,1H3. The third kappa shape index (κ3) is 6.40. The molecule has 0 radical (unpaired) electrons. The minimum absolute atomic E-state index is 0.124. The number of nitrogens with zero attached hydrogens (tertiary/aromatic N) is 1. The first-order valence-corrected chi connectivity index (χ1v) is 8.46. The molecule has 0 aliphatic rings. The lowest BCUT2D eigenvalue weighted by molar-refractivity contribution is -0.385. The Labute approximate surface area is 126 Å². The Morgan fingerprint density at radius 3 is 2.84 bits per heavy atom. The zero-order valence-corrected chi connectivity index (χ0v) is 13.4. The van der Waals surface area contributed by atoms with Crippen molar-refractivity contribution in [2.75, 3.05) is 18.6 Å². The Morgan fingerprint density at radius 2 is 2.16 bits per heavy atom. The lowest BCUT2D eigenvalue weighted by atomic mass is 10.2. The molecule has 0 spiro atoms. The van der Waals surface area contributed by atoms with Crippen LogP contribution in [0.25, 0.3) is 0 Å². The summed E-state index contributed by atoms with van der Waals surface area (Å²) in [6.07, 6.45) is 5.76. The molecule has 106 valence electrons. The number of hydrogen-bond donors (Lipinski definition) is 1. The van der Waals surface area contributed by atoms with E-state index in [1.807, 2.05) is 17.8 Å². The lowest BCUT2D eigenvalue weighted by Crippen LogP contribution is -2.14. The highest BCUT2D eigenvalue weighted by Gasteiger charge is 2.11. The van der Waals surface area contributed by atoms with E-state index in [9.17, 15) is 10.1 Å². The summed E-state index contributed by atoms with van der Waals surface area (Å²) >= 11 is 5.06. The average Bonchev–Trinajstić information content (AvgIpc) is 2.39. The maximum atomic E-state index is 10.8. The molecule has 0 aliphatic carbocycles. The molecule has 0 unspecified atom stereocenters. The van der Waals surface area contributed by atoms with Gasteiger partial charge in [0.25, 0.3) is 5.69 Å². The summed E-state index contributed by atoms with van der Waals surface area (Å²) in [6.45, 7) is 1.63. The van der Waals surface area contributed by atoms with Gasteiger partial charge in [-0.15, -0.1) is 0 Å². The van der Waals surface area contributed by atoms with Crippen LogP contribution in [-0.4, -0.2) is 23.5 Å². The monoisotopic (exact) mass is 346 g/mol. The molecular weight excluding hydrogens is 328 g/mol. The Balaban J connectivity index is 2.30. The molecule has 0 heterocycles. The van der Waals surface area contributed by atoms with E-state index in [-0.39, 0.29) is 10.6 Å². The van der Waals surface area contributed by atoms with Gasteiger partial charge in [0.15, 0.2) is 0 Å². The molecule has 19 heavy (non-hydrogen) atoms. The molecule has 4 nitrogen and oxygen atoms in total. The first-order chi connectivity index (χ1) is 9.15. The highest BCUT2D eigenvalue weighted by molar-refractivity contribution is 9.10. The Morgan fingerprint density at radius 1 is 1.37 bits per heavy atom. The molecule has 0 bridgehead atoms. The van der Waals surface area contributed by atoms with Crippen molar-refractivity contribution in [3.05, 3.63) is 38.3 Å². The van der Waals surface area contributed by atoms with Gasteiger partial charge in [-0.25, -0.2) is 0 Å². The van der Waals surface area contributed by atoms with Gasteiger partial charge in [-0.2, -0.15) is 11.8 Å².